The Kier molecular flexibility index (Phi) is 4.11. The number of rotatable bonds is 4. The van der Waals surface area contributed by atoms with E-state index in [1.807, 2.05) is 0 Å². The zero-order valence-corrected chi connectivity index (χ0v) is 11.5. The lowest BCUT2D eigenvalue weighted by Crippen LogP contribution is -2.50. The van der Waals surface area contributed by atoms with Gasteiger partial charge in [-0.3, -0.25) is 5.32 Å². The molecule has 1 aromatic carbocycles. The highest BCUT2D eigenvalue weighted by molar-refractivity contribution is 6.31. The van der Waals surface area contributed by atoms with E-state index in [0.717, 1.165) is 31.7 Å². The maximum absolute atomic E-state index is 13.1. The highest BCUT2D eigenvalue weighted by atomic mass is 35.5. The van der Waals surface area contributed by atoms with E-state index >= 15 is 0 Å². The lowest BCUT2D eigenvalue weighted by atomic mass is 9.90. The van der Waals surface area contributed by atoms with Crippen LogP contribution in [0.1, 0.15) is 38.2 Å². The molecule has 0 bridgehead atoms. The standard InChI is InChI=1S/C14H17ClFNO2/c1-14(13(18)19,17-10-4-2-3-5-10)11-7-6-9(16)8-12(11)15/h6-8,10,17H,2-5H2,1H3,(H,18,19). The molecule has 1 aliphatic rings. The third-order valence-corrected chi connectivity index (χ3v) is 4.06. The normalized spacial score (nSPS) is 19.3. The number of hydrogen-bond donors (Lipinski definition) is 2. The molecule has 1 aromatic rings. The maximum atomic E-state index is 13.1. The molecule has 0 radical (unpaired) electrons. The van der Waals surface area contributed by atoms with Gasteiger partial charge in [0.15, 0.2) is 0 Å². The molecular formula is C14H17ClFNO2. The van der Waals surface area contributed by atoms with Crippen molar-refractivity contribution < 1.29 is 14.3 Å². The molecule has 0 amide bonds. The third kappa shape index (κ3) is 2.90. The van der Waals surface area contributed by atoms with Gasteiger partial charge in [-0.05, 0) is 31.9 Å². The lowest BCUT2D eigenvalue weighted by molar-refractivity contribution is -0.145. The van der Waals surface area contributed by atoms with Crippen molar-refractivity contribution in [1.82, 2.24) is 5.32 Å². The predicted octanol–water partition coefficient (Wildman–Crippen LogP) is 3.31. The summed E-state index contributed by atoms with van der Waals surface area (Å²) in [4.78, 5) is 11.6. The minimum Gasteiger partial charge on any atom is -0.480 e. The van der Waals surface area contributed by atoms with E-state index in [2.05, 4.69) is 5.32 Å². The van der Waals surface area contributed by atoms with Crippen molar-refractivity contribution >= 4 is 17.6 Å². The summed E-state index contributed by atoms with van der Waals surface area (Å²) in [5.41, 5.74) is -0.894. The number of nitrogens with one attached hydrogen (secondary N) is 1. The second kappa shape index (κ2) is 5.47. The topological polar surface area (TPSA) is 49.3 Å². The fourth-order valence-corrected chi connectivity index (χ4v) is 2.98. The smallest absolute Gasteiger partial charge is 0.328 e. The van der Waals surface area contributed by atoms with Gasteiger partial charge < -0.3 is 5.11 Å². The first-order valence-corrected chi connectivity index (χ1v) is 6.78. The molecule has 1 fully saturated rings. The summed E-state index contributed by atoms with van der Waals surface area (Å²) < 4.78 is 13.1. The van der Waals surface area contributed by atoms with E-state index < -0.39 is 17.3 Å². The maximum Gasteiger partial charge on any atom is 0.328 e. The van der Waals surface area contributed by atoms with Crippen LogP contribution in [0, 0.1) is 5.82 Å². The molecule has 1 unspecified atom stereocenters. The Labute approximate surface area is 116 Å². The van der Waals surface area contributed by atoms with Crippen LogP contribution < -0.4 is 5.32 Å². The largest absolute Gasteiger partial charge is 0.480 e. The van der Waals surface area contributed by atoms with Crippen molar-refractivity contribution in [3.63, 3.8) is 0 Å². The quantitative estimate of drug-likeness (QED) is 0.892. The Morgan fingerprint density at radius 1 is 1.47 bits per heavy atom. The number of hydrogen-bond acceptors (Lipinski definition) is 2. The van der Waals surface area contributed by atoms with Crippen LogP contribution in [0.15, 0.2) is 18.2 Å². The van der Waals surface area contributed by atoms with Gasteiger partial charge in [0.2, 0.25) is 0 Å². The van der Waals surface area contributed by atoms with Gasteiger partial charge >= 0.3 is 5.97 Å². The first-order chi connectivity index (χ1) is 8.93. The molecule has 0 spiro atoms. The van der Waals surface area contributed by atoms with Gasteiger partial charge in [-0.25, -0.2) is 9.18 Å². The summed E-state index contributed by atoms with van der Waals surface area (Å²) in [5, 5.41) is 12.8. The highest BCUT2D eigenvalue weighted by Crippen LogP contribution is 2.31. The zero-order chi connectivity index (χ0) is 14.0. The first-order valence-electron chi connectivity index (χ1n) is 6.40. The molecule has 5 heteroatoms. The molecule has 1 aliphatic carbocycles. The van der Waals surface area contributed by atoms with Crippen LogP contribution in [0.5, 0.6) is 0 Å². The van der Waals surface area contributed by atoms with Crippen molar-refractivity contribution in [2.24, 2.45) is 0 Å². The predicted molar refractivity (Wildman–Crippen MR) is 71.8 cm³/mol. The van der Waals surface area contributed by atoms with Crippen molar-refractivity contribution in [1.29, 1.82) is 0 Å². The summed E-state index contributed by atoms with van der Waals surface area (Å²) in [6.45, 7) is 1.58. The molecule has 0 saturated heterocycles. The van der Waals surface area contributed by atoms with Crippen molar-refractivity contribution in [3.8, 4) is 0 Å². The molecule has 2 rings (SSSR count). The van der Waals surface area contributed by atoms with E-state index in [4.69, 9.17) is 11.6 Å². The van der Waals surface area contributed by atoms with Gasteiger partial charge in [0.25, 0.3) is 0 Å². The summed E-state index contributed by atoms with van der Waals surface area (Å²) in [6, 6.07) is 3.99. The Morgan fingerprint density at radius 3 is 2.63 bits per heavy atom. The molecule has 0 heterocycles. The lowest BCUT2D eigenvalue weighted by Gasteiger charge is -2.31. The SMILES string of the molecule is CC(NC1CCCC1)(C(=O)O)c1ccc(F)cc1Cl. The average Bonchev–Trinajstić information content (AvgIpc) is 2.81. The Hall–Kier alpha value is -1.13. The second-order valence-electron chi connectivity index (χ2n) is 5.18. The fraction of sp³-hybridized carbons (Fsp3) is 0.500. The average molecular weight is 286 g/mol. The van der Waals surface area contributed by atoms with Crippen molar-refractivity contribution in [2.45, 2.75) is 44.2 Å². The summed E-state index contributed by atoms with van der Waals surface area (Å²) in [7, 11) is 0. The van der Waals surface area contributed by atoms with Crippen molar-refractivity contribution in [3.05, 3.63) is 34.6 Å². The molecule has 0 aliphatic heterocycles. The van der Waals surface area contributed by atoms with Crippen LogP contribution in [0.3, 0.4) is 0 Å². The van der Waals surface area contributed by atoms with E-state index in [-0.39, 0.29) is 11.1 Å². The highest BCUT2D eigenvalue weighted by Gasteiger charge is 2.39. The van der Waals surface area contributed by atoms with Gasteiger partial charge in [0.1, 0.15) is 11.4 Å². The summed E-state index contributed by atoms with van der Waals surface area (Å²) in [5.74, 6) is -1.48. The molecule has 1 saturated carbocycles. The van der Waals surface area contributed by atoms with E-state index in [1.165, 1.54) is 12.1 Å². The van der Waals surface area contributed by atoms with Crippen LogP contribution in [-0.2, 0) is 10.3 Å². The van der Waals surface area contributed by atoms with Crippen LogP contribution in [-0.4, -0.2) is 17.1 Å². The minimum atomic E-state index is -1.29. The third-order valence-electron chi connectivity index (χ3n) is 3.75. The summed E-state index contributed by atoms with van der Waals surface area (Å²) in [6.07, 6.45) is 4.12. The number of aliphatic carboxylic acids is 1. The molecule has 1 atom stereocenters. The molecule has 104 valence electrons. The monoisotopic (exact) mass is 285 g/mol. The Bertz CT molecular complexity index is 488. The van der Waals surface area contributed by atoms with Gasteiger partial charge in [-0.2, -0.15) is 0 Å². The number of carboxylic acids is 1. The van der Waals surface area contributed by atoms with Crippen LogP contribution in [0.4, 0.5) is 4.39 Å². The van der Waals surface area contributed by atoms with Gasteiger partial charge in [-0.1, -0.05) is 30.5 Å². The summed E-state index contributed by atoms with van der Waals surface area (Å²) >= 11 is 6.00. The molecule has 2 N–H and O–H groups in total. The number of halogens is 2. The Morgan fingerprint density at radius 2 is 2.11 bits per heavy atom. The Balaban J connectivity index is 2.34. The first kappa shape index (κ1) is 14.3. The van der Waals surface area contributed by atoms with E-state index in [9.17, 15) is 14.3 Å². The number of carbonyl (C=O) groups is 1. The van der Waals surface area contributed by atoms with Crippen LogP contribution in [0.2, 0.25) is 5.02 Å². The molecule has 19 heavy (non-hydrogen) atoms. The van der Waals surface area contributed by atoms with Crippen LogP contribution >= 0.6 is 11.6 Å². The van der Waals surface area contributed by atoms with Crippen LogP contribution in [0.25, 0.3) is 0 Å². The molecule has 0 aromatic heterocycles. The van der Waals surface area contributed by atoms with Gasteiger partial charge in [-0.15, -0.1) is 0 Å². The van der Waals surface area contributed by atoms with E-state index in [1.54, 1.807) is 6.92 Å². The number of carboxylic acid groups (broad SMARTS) is 1. The zero-order valence-electron chi connectivity index (χ0n) is 10.7. The van der Waals surface area contributed by atoms with Crippen molar-refractivity contribution in [2.75, 3.05) is 0 Å². The van der Waals surface area contributed by atoms with E-state index in [0.29, 0.717) is 5.56 Å². The van der Waals surface area contributed by atoms with Gasteiger partial charge in [0, 0.05) is 16.6 Å². The molecular weight excluding hydrogens is 269 g/mol. The number of benzene rings is 1. The fourth-order valence-electron chi connectivity index (χ4n) is 2.63. The molecule has 3 nitrogen and oxygen atoms in total. The van der Waals surface area contributed by atoms with Gasteiger partial charge in [0.05, 0.1) is 0 Å². The second-order valence-corrected chi connectivity index (χ2v) is 5.59. The minimum absolute atomic E-state index is 0.135.